The molecular weight excluding hydrogens is 219 g/mol. The number of aryl methyl sites for hydroxylation is 1. The zero-order chi connectivity index (χ0) is 9.84. The molecule has 2 nitrogen and oxygen atoms in total. The molecule has 0 aliphatic carbocycles. The summed E-state index contributed by atoms with van der Waals surface area (Å²) in [5.41, 5.74) is 7.82. The number of hydrogen-bond acceptors (Lipinski definition) is 2. The van der Waals surface area contributed by atoms with Crippen molar-refractivity contribution in [2.45, 2.75) is 19.4 Å². The van der Waals surface area contributed by atoms with E-state index in [1.54, 1.807) is 6.07 Å². The number of rotatable bonds is 2. The van der Waals surface area contributed by atoms with Crippen molar-refractivity contribution in [2.24, 2.45) is 5.73 Å². The molecule has 14 heavy (non-hydrogen) atoms. The summed E-state index contributed by atoms with van der Waals surface area (Å²) in [6, 6.07) is 7.37. The van der Waals surface area contributed by atoms with E-state index in [9.17, 15) is 0 Å². The Labute approximate surface area is 95.1 Å². The summed E-state index contributed by atoms with van der Waals surface area (Å²) in [6.07, 6.45) is 0.336. The lowest BCUT2D eigenvalue weighted by atomic mass is 10.0. The van der Waals surface area contributed by atoms with E-state index in [0.717, 1.165) is 11.1 Å². The molecule has 0 unspecified atom stereocenters. The van der Waals surface area contributed by atoms with Crippen LogP contribution in [0.5, 0.6) is 0 Å². The van der Waals surface area contributed by atoms with Gasteiger partial charge in [-0.3, -0.25) is 0 Å². The van der Waals surface area contributed by atoms with Gasteiger partial charge in [0, 0.05) is 11.1 Å². The van der Waals surface area contributed by atoms with E-state index in [1.165, 1.54) is 0 Å². The van der Waals surface area contributed by atoms with Crippen LogP contribution in [0.25, 0.3) is 0 Å². The SMILES string of the molecule is Cc1cc(Cl)ccc1[C@H](N)CC#N.Cl. The summed E-state index contributed by atoms with van der Waals surface area (Å²) in [5.74, 6) is 0. The number of hydrogen-bond donors (Lipinski definition) is 1. The van der Waals surface area contributed by atoms with E-state index >= 15 is 0 Å². The Morgan fingerprint density at radius 1 is 1.57 bits per heavy atom. The van der Waals surface area contributed by atoms with Gasteiger partial charge in [0.15, 0.2) is 0 Å². The lowest BCUT2D eigenvalue weighted by Gasteiger charge is -2.11. The molecule has 0 aliphatic heterocycles. The number of halogens is 2. The van der Waals surface area contributed by atoms with Gasteiger partial charge in [0.2, 0.25) is 0 Å². The number of nitrogens with two attached hydrogens (primary N) is 1. The minimum Gasteiger partial charge on any atom is -0.323 e. The zero-order valence-electron chi connectivity index (χ0n) is 7.83. The fraction of sp³-hybridized carbons (Fsp3) is 0.300. The highest BCUT2D eigenvalue weighted by Crippen LogP contribution is 2.21. The maximum atomic E-state index is 8.49. The topological polar surface area (TPSA) is 49.8 Å². The second kappa shape index (κ2) is 5.87. The molecule has 0 aromatic heterocycles. The molecule has 1 aromatic carbocycles. The molecule has 1 aromatic rings. The molecule has 4 heteroatoms. The number of nitriles is 1. The molecule has 0 saturated carbocycles. The van der Waals surface area contributed by atoms with Crippen molar-refractivity contribution < 1.29 is 0 Å². The van der Waals surface area contributed by atoms with Gasteiger partial charge in [-0.1, -0.05) is 17.7 Å². The van der Waals surface area contributed by atoms with Crippen molar-refractivity contribution in [2.75, 3.05) is 0 Å². The van der Waals surface area contributed by atoms with Crippen LogP contribution in [0.3, 0.4) is 0 Å². The van der Waals surface area contributed by atoms with Gasteiger partial charge in [-0.15, -0.1) is 12.4 Å². The summed E-state index contributed by atoms with van der Waals surface area (Å²) < 4.78 is 0. The molecular formula is C10H12Cl2N2. The summed E-state index contributed by atoms with van der Waals surface area (Å²) in [7, 11) is 0. The Hall–Kier alpha value is -0.750. The van der Waals surface area contributed by atoms with Crippen LogP contribution in [-0.2, 0) is 0 Å². The van der Waals surface area contributed by atoms with Crippen molar-refractivity contribution in [1.82, 2.24) is 0 Å². The number of nitrogens with zero attached hydrogens (tertiary/aromatic N) is 1. The Kier molecular flexibility index (Phi) is 5.56. The first-order valence-electron chi connectivity index (χ1n) is 4.03. The smallest absolute Gasteiger partial charge is 0.0641 e. The molecule has 0 amide bonds. The van der Waals surface area contributed by atoms with Crippen LogP contribution in [0, 0.1) is 18.3 Å². The van der Waals surface area contributed by atoms with Gasteiger partial charge in [-0.2, -0.15) is 5.26 Å². The van der Waals surface area contributed by atoms with E-state index in [1.807, 2.05) is 25.1 Å². The molecule has 0 saturated heterocycles. The van der Waals surface area contributed by atoms with Gasteiger partial charge < -0.3 is 5.73 Å². The lowest BCUT2D eigenvalue weighted by Crippen LogP contribution is -2.10. The third-order valence-electron chi connectivity index (χ3n) is 1.94. The van der Waals surface area contributed by atoms with Crippen molar-refractivity contribution in [3.05, 3.63) is 34.3 Å². The molecule has 0 radical (unpaired) electrons. The Bertz CT molecular complexity index is 344. The zero-order valence-corrected chi connectivity index (χ0v) is 9.40. The molecule has 0 fully saturated rings. The normalized spacial score (nSPS) is 11.3. The van der Waals surface area contributed by atoms with Crippen molar-refractivity contribution in [3.63, 3.8) is 0 Å². The molecule has 2 N–H and O–H groups in total. The Morgan fingerprint density at radius 3 is 2.71 bits per heavy atom. The number of benzene rings is 1. The highest BCUT2D eigenvalue weighted by atomic mass is 35.5. The minimum atomic E-state index is -0.206. The third-order valence-corrected chi connectivity index (χ3v) is 2.18. The molecule has 0 bridgehead atoms. The standard InChI is InChI=1S/C10H11ClN2.ClH/c1-7-6-8(11)2-3-9(7)10(13)4-5-12;/h2-3,6,10H,4,13H2,1H3;1H/t10-;/m1./s1. The van der Waals surface area contributed by atoms with Crippen LogP contribution in [0.1, 0.15) is 23.6 Å². The predicted molar refractivity (Wildman–Crippen MR) is 60.6 cm³/mol. The molecule has 76 valence electrons. The Morgan fingerprint density at radius 2 is 2.21 bits per heavy atom. The van der Waals surface area contributed by atoms with Gasteiger partial charge >= 0.3 is 0 Å². The maximum Gasteiger partial charge on any atom is 0.0641 e. The van der Waals surface area contributed by atoms with Gasteiger partial charge in [0.05, 0.1) is 12.5 Å². The summed E-state index contributed by atoms with van der Waals surface area (Å²) in [5, 5.41) is 9.19. The fourth-order valence-corrected chi connectivity index (χ4v) is 1.49. The molecule has 1 rings (SSSR count). The summed E-state index contributed by atoms with van der Waals surface area (Å²) in [6.45, 7) is 1.94. The molecule has 1 atom stereocenters. The van der Waals surface area contributed by atoms with E-state index in [4.69, 9.17) is 22.6 Å². The van der Waals surface area contributed by atoms with Crippen molar-refractivity contribution in [1.29, 1.82) is 5.26 Å². The predicted octanol–water partition coefficient (Wildman–Crippen LogP) is 2.98. The van der Waals surface area contributed by atoms with Crippen LogP contribution in [-0.4, -0.2) is 0 Å². The average molecular weight is 231 g/mol. The van der Waals surface area contributed by atoms with Crippen LogP contribution in [0.2, 0.25) is 5.02 Å². The van der Waals surface area contributed by atoms with Gasteiger partial charge in [-0.25, -0.2) is 0 Å². The van der Waals surface area contributed by atoms with Crippen molar-refractivity contribution in [3.8, 4) is 6.07 Å². The first-order valence-corrected chi connectivity index (χ1v) is 4.41. The first-order chi connectivity index (χ1) is 6.15. The van der Waals surface area contributed by atoms with Crippen LogP contribution >= 0.6 is 24.0 Å². The molecule has 0 aliphatic rings. The highest BCUT2D eigenvalue weighted by molar-refractivity contribution is 6.30. The fourth-order valence-electron chi connectivity index (χ4n) is 1.26. The van der Waals surface area contributed by atoms with Crippen LogP contribution in [0.4, 0.5) is 0 Å². The second-order valence-electron chi connectivity index (χ2n) is 2.97. The van der Waals surface area contributed by atoms with E-state index in [0.29, 0.717) is 11.4 Å². The highest BCUT2D eigenvalue weighted by Gasteiger charge is 2.07. The van der Waals surface area contributed by atoms with Crippen LogP contribution in [0.15, 0.2) is 18.2 Å². The Balaban J connectivity index is 0.00000169. The third kappa shape index (κ3) is 3.19. The minimum absolute atomic E-state index is 0. The summed E-state index contributed by atoms with van der Waals surface area (Å²) in [4.78, 5) is 0. The molecule has 0 heterocycles. The van der Waals surface area contributed by atoms with Crippen LogP contribution < -0.4 is 5.73 Å². The van der Waals surface area contributed by atoms with Gasteiger partial charge in [-0.05, 0) is 30.2 Å². The van der Waals surface area contributed by atoms with E-state index < -0.39 is 0 Å². The second-order valence-corrected chi connectivity index (χ2v) is 3.41. The largest absolute Gasteiger partial charge is 0.323 e. The van der Waals surface area contributed by atoms with Gasteiger partial charge in [0.25, 0.3) is 0 Å². The van der Waals surface area contributed by atoms with E-state index in [2.05, 4.69) is 0 Å². The average Bonchev–Trinajstić information content (AvgIpc) is 2.04. The maximum absolute atomic E-state index is 8.49. The first kappa shape index (κ1) is 13.2. The summed E-state index contributed by atoms with van der Waals surface area (Å²) >= 11 is 5.79. The van der Waals surface area contributed by atoms with Gasteiger partial charge in [0.1, 0.15) is 0 Å². The molecule has 0 spiro atoms. The monoisotopic (exact) mass is 230 g/mol. The quantitative estimate of drug-likeness (QED) is 0.850. The lowest BCUT2D eigenvalue weighted by molar-refractivity contribution is 0.742. The van der Waals surface area contributed by atoms with E-state index in [-0.39, 0.29) is 18.4 Å². The van der Waals surface area contributed by atoms with Crippen molar-refractivity contribution >= 4 is 24.0 Å².